The second-order valence-electron chi connectivity index (χ2n) is 7.40. The van der Waals surface area contributed by atoms with Crippen LogP contribution in [0, 0.1) is 17.2 Å². The fraction of sp³-hybridized carbons (Fsp3) is 0.333. The van der Waals surface area contributed by atoms with Crippen molar-refractivity contribution in [1.29, 1.82) is 5.26 Å². The molecule has 32 heavy (non-hydrogen) atoms. The summed E-state index contributed by atoms with van der Waals surface area (Å²) >= 11 is 1.10. The number of nitrogens with one attached hydrogen (secondary N) is 1. The second-order valence-corrected chi connectivity index (χ2v) is 10.5. The molecular weight excluding hydrogens is 450 g/mol. The Morgan fingerprint density at radius 1 is 1.41 bits per heavy atom. The number of anilines is 1. The van der Waals surface area contributed by atoms with E-state index in [2.05, 4.69) is 15.5 Å². The van der Waals surface area contributed by atoms with Gasteiger partial charge in [-0.25, -0.2) is 8.42 Å². The average Bonchev–Trinajstić information content (AvgIpc) is 3.49. The van der Waals surface area contributed by atoms with E-state index in [-0.39, 0.29) is 16.7 Å². The number of aryl methyl sites for hydroxylation is 1. The molecule has 3 aromatic rings. The normalized spacial score (nSPS) is 17.1. The Hall–Kier alpha value is -3.07. The van der Waals surface area contributed by atoms with Gasteiger partial charge in [0.2, 0.25) is 17.6 Å². The lowest BCUT2D eigenvalue weighted by molar-refractivity contribution is -0.120. The van der Waals surface area contributed by atoms with Crippen LogP contribution in [0.15, 0.2) is 44.4 Å². The van der Waals surface area contributed by atoms with Crippen LogP contribution in [-0.2, 0) is 21.2 Å². The lowest BCUT2D eigenvalue weighted by Gasteiger charge is -2.30. The number of hydrogen-bond donors (Lipinski definition) is 1. The highest BCUT2D eigenvalue weighted by Crippen LogP contribution is 2.31. The molecule has 1 amide bonds. The SMILES string of the molecule is CCc1nc(-c2csc(S(=O)(=O)N3CCCC(C(=O)Nc4cccc(C#N)c4)C3)c2)no1. The summed E-state index contributed by atoms with van der Waals surface area (Å²) in [6.07, 6.45) is 1.77. The standard InChI is InChI=1S/C21H21N5O4S2/c1-2-18-24-20(25-30-18)16-10-19(31-13-16)32(28,29)26-8-4-6-15(12-26)21(27)23-17-7-3-5-14(9-17)11-22/h3,5,7,9-10,13,15H,2,4,6,8,12H2,1H3,(H,23,27). The number of amides is 1. The average molecular weight is 472 g/mol. The van der Waals surface area contributed by atoms with Gasteiger partial charge in [-0.2, -0.15) is 14.6 Å². The molecule has 0 aliphatic carbocycles. The fourth-order valence-electron chi connectivity index (χ4n) is 3.50. The van der Waals surface area contributed by atoms with Gasteiger partial charge in [-0.15, -0.1) is 11.3 Å². The van der Waals surface area contributed by atoms with Gasteiger partial charge >= 0.3 is 0 Å². The van der Waals surface area contributed by atoms with Crippen molar-refractivity contribution in [3.63, 3.8) is 0 Å². The van der Waals surface area contributed by atoms with Crippen molar-refractivity contribution >= 4 is 33.0 Å². The molecule has 1 aliphatic heterocycles. The lowest BCUT2D eigenvalue weighted by atomic mass is 9.98. The number of nitrogens with zero attached hydrogens (tertiary/aromatic N) is 4. The van der Waals surface area contributed by atoms with Gasteiger partial charge in [0.1, 0.15) is 4.21 Å². The van der Waals surface area contributed by atoms with E-state index in [0.29, 0.717) is 54.3 Å². The summed E-state index contributed by atoms with van der Waals surface area (Å²) in [5, 5.41) is 17.4. The van der Waals surface area contributed by atoms with Crippen LogP contribution < -0.4 is 5.32 Å². The molecule has 9 nitrogen and oxygen atoms in total. The molecule has 1 unspecified atom stereocenters. The highest BCUT2D eigenvalue weighted by molar-refractivity contribution is 7.91. The number of aromatic nitrogens is 2. The van der Waals surface area contributed by atoms with Crippen molar-refractivity contribution in [2.45, 2.75) is 30.4 Å². The predicted molar refractivity (Wildman–Crippen MR) is 118 cm³/mol. The second kappa shape index (κ2) is 9.20. The molecule has 166 valence electrons. The zero-order chi connectivity index (χ0) is 22.7. The fourth-order valence-corrected chi connectivity index (χ4v) is 6.33. The first-order valence-electron chi connectivity index (χ1n) is 10.1. The van der Waals surface area contributed by atoms with E-state index in [4.69, 9.17) is 9.78 Å². The Balaban J connectivity index is 1.47. The third kappa shape index (κ3) is 4.57. The highest BCUT2D eigenvalue weighted by Gasteiger charge is 2.34. The molecule has 3 heterocycles. The summed E-state index contributed by atoms with van der Waals surface area (Å²) in [7, 11) is -3.76. The number of carbonyl (C=O) groups excluding carboxylic acids is 1. The van der Waals surface area contributed by atoms with E-state index in [0.717, 1.165) is 11.3 Å². The molecule has 0 radical (unpaired) electrons. The van der Waals surface area contributed by atoms with Crippen molar-refractivity contribution in [2.75, 3.05) is 18.4 Å². The lowest BCUT2D eigenvalue weighted by Crippen LogP contribution is -2.43. The molecule has 1 atom stereocenters. The Morgan fingerprint density at radius 2 is 2.25 bits per heavy atom. The van der Waals surface area contributed by atoms with Crippen molar-refractivity contribution in [3.8, 4) is 17.5 Å². The summed E-state index contributed by atoms with van der Waals surface area (Å²) in [5.41, 5.74) is 1.54. The maximum atomic E-state index is 13.2. The Kier molecular flexibility index (Phi) is 6.36. The topological polar surface area (TPSA) is 129 Å². The summed E-state index contributed by atoms with van der Waals surface area (Å²) in [6, 6.07) is 10.2. The van der Waals surface area contributed by atoms with E-state index in [9.17, 15) is 13.2 Å². The summed E-state index contributed by atoms with van der Waals surface area (Å²) in [5.74, 6) is 0.106. The van der Waals surface area contributed by atoms with Crippen molar-refractivity contribution < 1.29 is 17.7 Å². The van der Waals surface area contributed by atoms with Gasteiger partial charge in [-0.05, 0) is 37.1 Å². The van der Waals surface area contributed by atoms with Gasteiger partial charge < -0.3 is 9.84 Å². The number of hydrogen-bond acceptors (Lipinski definition) is 8. The van der Waals surface area contributed by atoms with Gasteiger partial charge in [0.05, 0.1) is 17.6 Å². The number of benzene rings is 1. The monoisotopic (exact) mass is 471 g/mol. The molecule has 0 spiro atoms. The molecule has 1 aromatic carbocycles. The largest absolute Gasteiger partial charge is 0.339 e. The van der Waals surface area contributed by atoms with Gasteiger partial charge in [0.15, 0.2) is 0 Å². The van der Waals surface area contributed by atoms with Crippen LogP contribution in [0.1, 0.15) is 31.2 Å². The molecule has 2 aromatic heterocycles. The molecule has 0 saturated carbocycles. The summed E-state index contributed by atoms with van der Waals surface area (Å²) in [6.45, 7) is 2.34. The number of piperidine rings is 1. The van der Waals surface area contributed by atoms with Gasteiger partial charge in [-0.3, -0.25) is 4.79 Å². The smallest absolute Gasteiger partial charge is 0.252 e. The van der Waals surface area contributed by atoms with E-state index >= 15 is 0 Å². The Labute approximate surface area is 189 Å². The predicted octanol–water partition coefficient (Wildman–Crippen LogP) is 3.27. The summed E-state index contributed by atoms with van der Waals surface area (Å²) in [4.78, 5) is 17.0. The first-order chi connectivity index (χ1) is 15.4. The van der Waals surface area contributed by atoms with Crippen LogP contribution in [0.2, 0.25) is 0 Å². The number of sulfonamides is 1. The number of rotatable bonds is 6. The number of carbonyl (C=O) groups is 1. The van der Waals surface area contributed by atoms with E-state index in [1.807, 2.05) is 13.0 Å². The molecule has 1 saturated heterocycles. The Morgan fingerprint density at radius 3 is 3.00 bits per heavy atom. The van der Waals surface area contributed by atoms with Crippen LogP contribution >= 0.6 is 11.3 Å². The molecule has 4 rings (SSSR count). The maximum Gasteiger partial charge on any atom is 0.252 e. The van der Waals surface area contributed by atoms with Crippen LogP contribution in [0.3, 0.4) is 0 Å². The highest BCUT2D eigenvalue weighted by atomic mass is 32.2. The van der Waals surface area contributed by atoms with Crippen molar-refractivity contribution in [3.05, 3.63) is 47.2 Å². The minimum atomic E-state index is -3.76. The zero-order valence-corrected chi connectivity index (χ0v) is 18.9. The van der Waals surface area contributed by atoms with E-state index in [1.165, 1.54) is 4.31 Å². The third-order valence-corrected chi connectivity index (χ3v) is 8.49. The Bertz CT molecular complexity index is 1280. The minimum absolute atomic E-state index is 0.0987. The number of thiophene rings is 1. The van der Waals surface area contributed by atoms with E-state index in [1.54, 1.807) is 35.7 Å². The molecule has 0 bridgehead atoms. The molecular formula is C21H21N5O4S2. The first kappa shape index (κ1) is 22.1. The molecule has 11 heteroatoms. The molecule has 1 aliphatic rings. The van der Waals surface area contributed by atoms with Crippen molar-refractivity contribution in [1.82, 2.24) is 14.4 Å². The summed E-state index contributed by atoms with van der Waals surface area (Å²) < 4.78 is 33.1. The molecule has 1 N–H and O–H groups in total. The molecule has 1 fully saturated rings. The quantitative estimate of drug-likeness (QED) is 0.584. The van der Waals surface area contributed by atoms with Crippen LogP contribution in [-0.4, -0.2) is 41.9 Å². The van der Waals surface area contributed by atoms with Gasteiger partial charge in [0.25, 0.3) is 10.0 Å². The van der Waals surface area contributed by atoms with Gasteiger partial charge in [-0.1, -0.05) is 18.1 Å². The van der Waals surface area contributed by atoms with Crippen molar-refractivity contribution in [2.24, 2.45) is 5.92 Å². The first-order valence-corrected chi connectivity index (χ1v) is 12.5. The van der Waals surface area contributed by atoms with Gasteiger partial charge in [0, 0.05) is 36.1 Å². The minimum Gasteiger partial charge on any atom is -0.339 e. The van der Waals surface area contributed by atoms with Crippen LogP contribution in [0.25, 0.3) is 11.4 Å². The third-order valence-electron chi connectivity index (χ3n) is 5.21. The number of nitriles is 1. The van der Waals surface area contributed by atoms with E-state index < -0.39 is 15.9 Å². The van der Waals surface area contributed by atoms with Crippen LogP contribution in [0.4, 0.5) is 5.69 Å². The zero-order valence-electron chi connectivity index (χ0n) is 17.3. The van der Waals surface area contributed by atoms with Crippen LogP contribution in [0.5, 0.6) is 0 Å². The maximum absolute atomic E-state index is 13.2.